The second-order valence-electron chi connectivity index (χ2n) is 14.0. The van der Waals surface area contributed by atoms with E-state index in [0.717, 1.165) is 12.0 Å². The van der Waals surface area contributed by atoms with Gasteiger partial charge in [0.2, 0.25) is 16.8 Å². The average molecular weight is 734 g/mol. The van der Waals surface area contributed by atoms with Crippen LogP contribution in [0.25, 0.3) is 0 Å². The maximum absolute atomic E-state index is 14.3. The van der Waals surface area contributed by atoms with Gasteiger partial charge >= 0.3 is 12.2 Å². The van der Waals surface area contributed by atoms with Crippen molar-refractivity contribution >= 4 is 22.2 Å². The van der Waals surface area contributed by atoms with E-state index in [-0.39, 0.29) is 50.3 Å². The van der Waals surface area contributed by atoms with Crippen LogP contribution in [0.4, 0.5) is 9.59 Å². The van der Waals surface area contributed by atoms with Crippen LogP contribution >= 0.6 is 0 Å². The van der Waals surface area contributed by atoms with Gasteiger partial charge in [0, 0.05) is 25.7 Å². The van der Waals surface area contributed by atoms with Crippen molar-refractivity contribution in [2.75, 3.05) is 46.2 Å². The molecule has 0 radical (unpaired) electrons. The van der Waals surface area contributed by atoms with Crippen molar-refractivity contribution < 1.29 is 51.5 Å². The molecule has 0 unspecified atom stereocenters. The van der Waals surface area contributed by atoms with Gasteiger partial charge in [-0.3, -0.25) is 0 Å². The molecule has 0 saturated carbocycles. The van der Waals surface area contributed by atoms with Crippen molar-refractivity contribution in [1.82, 2.24) is 14.9 Å². The Bertz CT molecular complexity index is 1560. The molecule has 0 spiro atoms. The standard InChI is InChI=1S/C36H51N3O11S/c1-4-16-37-34(41)46-17-9-8-15-36(2,3)23-39(51(43,44)26-12-13-30-31(20-26)49-24-48-30)21-29(40)28(19-25-10-6-5-7-11-25)38-35(42)50-32-22-47-33-27(32)14-18-45-33/h5-7,10-13,20,27-29,32-33,40H,4,8-9,14-19,21-24H2,1-3H3,(H,37,41)(H,38,42)/t27-,28-,29+,32-,33+/m0/s1. The van der Waals surface area contributed by atoms with Crippen molar-refractivity contribution in [3.63, 3.8) is 0 Å². The van der Waals surface area contributed by atoms with E-state index in [9.17, 15) is 23.1 Å². The summed E-state index contributed by atoms with van der Waals surface area (Å²) >= 11 is 0. The Balaban J connectivity index is 1.31. The average Bonchev–Trinajstić information content (AvgIpc) is 3.86. The Kier molecular flexibility index (Phi) is 13.4. The van der Waals surface area contributed by atoms with Crippen LogP contribution in [0.15, 0.2) is 53.4 Å². The predicted octanol–water partition coefficient (Wildman–Crippen LogP) is 4.20. The number of ether oxygens (including phenoxy) is 6. The molecule has 14 nitrogen and oxygen atoms in total. The lowest BCUT2D eigenvalue weighted by Crippen LogP contribution is -2.52. The lowest BCUT2D eigenvalue weighted by molar-refractivity contribution is -0.0907. The van der Waals surface area contributed by atoms with Gasteiger partial charge in [0.25, 0.3) is 0 Å². The number of rotatable bonds is 18. The summed E-state index contributed by atoms with van der Waals surface area (Å²) in [5.74, 6) is 0.693. The van der Waals surface area contributed by atoms with Crippen molar-refractivity contribution in [2.24, 2.45) is 11.3 Å². The Hall–Kier alpha value is -3.63. The fraction of sp³-hybridized carbons (Fsp3) is 0.611. The number of fused-ring (bicyclic) bond motifs is 2. The summed E-state index contributed by atoms with van der Waals surface area (Å²) < 4.78 is 63.0. The van der Waals surface area contributed by atoms with Crippen molar-refractivity contribution in [1.29, 1.82) is 0 Å². The fourth-order valence-corrected chi connectivity index (χ4v) is 8.16. The second-order valence-corrected chi connectivity index (χ2v) is 15.9. The molecule has 3 aliphatic heterocycles. The number of aliphatic hydroxyl groups is 1. The van der Waals surface area contributed by atoms with Gasteiger partial charge in [-0.15, -0.1) is 0 Å². The first-order valence-corrected chi connectivity index (χ1v) is 19.1. The number of sulfonamides is 1. The molecule has 3 heterocycles. The molecule has 3 N–H and O–H groups in total. The molecule has 51 heavy (non-hydrogen) atoms. The number of nitrogens with one attached hydrogen (secondary N) is 2. The molecule has 2 aromatic rings. The Morgan fingerprint density at radius 3 is 2.63 bits per heavy atom. The van der Waals surface area contributed by atoms with E-state index in [0.29, 0.717) is 50.3 Å². The van der Waals surface area contributed by atoms with E-state index in [2.05, 4.69) is 10.6 Å². The zero-order valence-corrected chi connectivity index (χ0v) is 30.4. The molecule has 282 valence electrons. The first-order valence-electron chi connectivity index (χ1n) is 17.7. The molecule has 2 fully saturated rings. The van der Waals surface area contributed by atoms with Crippen LogP contribution in [-0.4, -0.2) is 101 Å². The maximum Gasteiger partial charge on any atom is 0.407 e. The van der Waals surface area contributed by atoms with E-state index < -0.39 is 52.2 Å². The first-order chi connectivity index (χ1) is 24.4. The molecular weight excluding hydrogens is 682 g/mol. The third-order valence-electron chi connectivity index (χ3n) is 9.29. The number of nitrogens with zero attached hydrogens (tertiary/aromatic N) is 1. The molecule has 3 aliphatic rings. The number of hydrogen-bond acceptors (Lipinski definition) is 11. The largest absolute Gasteiger partial charge is 0.454 e. The van der Waals surface area contributed by atoms with Gasteiger partial charge in [0.1, 0.15) is 6.10 Å². The Morgan fingerprint density at radius 2 is 1.84 bits per heavy atom. The molecule has 2 saturated heterocycles. The molecule has 5 atom stereocenters. The van der Waals surface area contributed by atoms with E-state index in [1.54, 1.807) is 6.07 Å². The van der Waals surface area contributed by atoms with Gasteiger partial charge < -0.3 is 44.2 Å². The highest BCUT2D eigenvalue weighted by atomic mass is 32.2. The number of alkyl carbamates (subject to hydrolysis) is 2. The number of benzene rings is 2. The molecule has 2 amide bonds. The monoisotopic (exact) mass is 733 g/mol. The van der Waals surface area contributed by atoms with Crippen LogP contribution in [0.5, 0.6) is 11.5 Å². The van der Waals surface area contributed by atoms with E-state index in [1.807, 2.05) is 51.1 Å². The minimum absolute atomic E-state index is 0.0113. The molecule has 5 rings (SSSR count). The van der Waals surface area contributed by atoms with E-state index in [1.165, 1.54) is 16.4 Å². The Labute approximate surface area is 300 Å². The number of carbonyl (C=O) groups is 2. The maximum atomic E-state index is 14.3. The number of hydrogen-bond donors (Lipinski definition) is 3. The van der Waals surface area contributed by atoms with Crippen LogP contribution in [0, 0.1) is 11.3 Å². The summed E-state index contributed by atoms with van der Waals surface area (Å²) in [4.78, 5) is 25.1. The van der Waals surface area contributed by atoms with Crippen molar-refractivity contribution in [3.05, 3.63) is 54.1 Å². The molecule has 0 bridgehead atoms. The van der Waals surface area contributed by atoms with Crippen LogP contribution in [0.1, 0.15) is 58.4 Å². The van der Waals surface area contributed by atoms with Gasteiger partial charge in [-0.25, -0.2) is 18.0 Å². The highest BCUT2D eigenvalue weighted by Gasteiger charge is 2.44. The molecular formula is C36H51N3O11S. The third-order valence-corrected chi connectivity index (χ3v) is 11.1. The van der Waals surface area contributed by atoms with Gasteiger partial charge in [0.05, 0.1) is 42.8 Å². The molecule has 15 heteroatoms. The molecule has 0 aromatic heterocycles. The summed E-state index contributed by atoms with van der Waals surface area (Å²) in [6.07, 6.45) is 0.234. The van der Waals surface area contributed by atoms with Gasteiger partial charge in [0.15, 0.2) is 17.8 Å². The summed E-state index contributed by atoms with van der Waals surface area (Å²) in [6.45, 7) is 7.13. The van der Waals surface area contributed by atoms with Gasteiger partial charge in [-0.1, -0.05) is 51.1 Å². The van der Waals surface area contributed by atoms with Gasteiger partial charge in [-0.05, 0) is 61.6 Å². The van der Waals surface area contributed by atoms with Crippen molar-refractivity contribution in [2.45, 2.75) is 88.7 Å². The summed E-state index contributed by atoms with van der Waals surface area (Å²) in [5, 5.41) is 17.3. The minimum atomic E-state index is -4.18. The zero-order valence-electron chi connectivity index (χ0n) is 29.6. The predicted molar refractivity (Wildman–Crippen MR) is 186 cm³/mol. The third kappa shape index (κ3) is 10.7. The number of carbonyl (C=O) groups excluding carboxylic acids is 2. The van der Waals surface area contributed by atoms with Crippen LogP contribution < -0.4 is 20.1 Å². The summed E-state index contributed by atoms with van der Waals surface area (Å²) in [5.41, 5.74) is 0.295. The highest BCUT2D eigenvalue weighted by molar-refractivity contribution is 7.89. The minimum Gasteiger partial charge on any atom is -0.454 e. The lowest BCUT2D eigenvalue weighted by atomic mass is 9.87. The fourth-order valence-electron chi connectivity index (χ4n) is 6.50. The molecule has 2 aromatic carbocycles. The van der Waals surface area contributed by atoms with Gasteiger partial charge in [-0.2, -0.15) is 4.31 Å². The zero-order chi connectivity index (χ0) is 36.4. The van der Waals surface area contributed by atoms with E-state index in [4.69, 9.17) is 28.4 Å². The highest BCUT2D eigenvalue weighted by Crippen LogP contribution is 2.36. The normalized spacial score (nSPS) is 20.8. The summed E-state index contributed by atoms with van der Waals surface area (Å²) in [7, 11) is -4.18. The van der Waals surface area contributed by atoms with Crippen LogP contribution in [-0.2, 0) is 35.4 Å². The van der Waals surface area contributed by atoms with Crippen LogP contribution in [0.3, 0.4) is 0 Å². The lowest BCUT2D eigenvalue weighted by Gasteiger charge is -2.35. The quantitative estimate of drug-likeness (QED) is 0.188. The topological polar surface area (TPSA) is 171 Å². The second kappa shape index (κ2) is 17.7. The van der Waals surface area contributed by atoms with E-state index >= 15 is 0 Å². The number of aliphatic hydroxyl groups excluding tert-OH is 1. The van der Waals surface area contributed by atoms with Crippen molar-refractivity contribution in [3.8, 4) is 11.5 Å². The Morgan fingerprint density at radius 1 is 1.06 bits per heavy atom. The first kappa shape index (κ1) is 38.6. The number of amides is 2. The SMILES string of the molecule is CCCNC(=O)OCCCCC(C)(C)CN(C[C@@H](O)[C@H](Cc1ccccc1)NC(=O)O[C@H]1CO[C@H]2OCC[C@H]21)S(=O)(=O)c1ccc2c(c1)OCO2. The number of unbranched alkanes of at least 4 members (excludes halogenated alkanes) is 1. The molecule has 0 aliphatic carbocycles. The summed E-state index contributed by atoms with van der Waals surface area (Å²) in [6, 6.07) is 12.9. The smallest absolute Gasteiger partial charge is 0.407 e. The van der Waals surface area contributed by atoms with Crippen LogP contribution in [0.2, 0.25) is 0 Å².